The zero-order valence-electron chi connectivity index (χ0n) is 11.6. The highest BCUT2D eigenvalue weighted by atomic mass is 16.5. The molecule has 2 aromatic heterocycles. The van der Waals surface area contributed by atoms with E-state index in [1.165, 1.54) is 6.33 Å². The first-order valence-corrected chi connectivity index (χ1v) is 6.68. The topological polar surface area (TPSA) is 69.9 Å². The second-order valence-electron chi connectivity index (χ2n) is 4.43. The molecule has 0 spiro atoms. The molecule has 0 unspecified atom stereocenters. The fourth-order valence-electron chi connectivity index (χ4n) is 2.14. The summed E-state index contributed by atoms with van der Waals surface area (Å²) < 4.78 is 6.69. The van der Waals surface area contributed by atoms with Gasteiger partial charge >= 0.3 is 5.97 Å². The van der Waals surface area contributed by atoms with E-state index in [9.17, 15) is 4.79 Å². The van der Waals surface area contributed by atoms with E-state index in [-0.39, 0.29) is 12.4 Å². The summed E-state index contributed by atoms with van der Waals surface area (Å²) in [4.78, 5) is 20.1. The van der Waals surface area contributed by atoms with Gasteiger partial charge in [-0.1, -0.05) is 18.2 Å². The van der Waals surface area contributed by atoms with Crippen molar-refractivity contribution < 1.29 is 9.53 Å². The minimum absolute atomic E-state index is 0.118. The van der Waals surface area contributed by atoms with Gasteiger partial charge in [0.2, 0.25) is 0 Å². The van der Waals surface area contributed by atoms with Crippen LogP contribution in [0.1, 0.15) is 12.6 Å². The number of benzene rings is 1. The number of rotatable bonds is 4. The highest BCUT2D eigenvalue weighted by molar-refractivity contribution is 5.83. The second kappa shape index (κ2) is 5.70. The van der Waals surface area contributed by atoms with Crippen molar-refractivity contribution in [1.82, 2.24) is 19.7 Å². The summed E-state index contributed by atoms with van der Waals surface area (Å²) in [6.07, 6.45) is 3.24. The number of hydrogen-bond donors (Lipinski definition) is 0. The Hall–Kier alpha value is -2.76. The van der Waals surface area contributed by atoms with Gasteiger partial charge in [0.25, 0.3) is 0 Å². The molecular weight excluding hydrogens is 268 g/mol. The van der Waals surface area contributed by atoms with E-state index in [1.54, 1.807) is 17.8 Å². The highest BCUT2D eigenvalue weighted by Crippen LogP contribution is 2.18. The maximum absolute atomic E-state index is 11.6. The average molecular weight is 282 g/mol. The molecule has 0 saturated heterocycles. The van der Waals surface area contributed by atoms with Gasteiger partial charge < -0.3 is 4.74 Å². The Bertz CT molecular complexity index is 768. The van der Waals surface area contributed by atoms with Gasteiger partial charge in [-0.3, -0.25) is 4.79 Å². The Balaban J connectivity index is 2.02. The summed E-state index contributed by atoms with van der Waals surface area (Å²) >= 11 is 0. The van der Waals surface area contributed by atoms with Crippen LogP contribution in [-0.2, 0) is 16.0 Å². The van der Waals surface area contributed by atoms with Crippen molar-refractivity contribution in [2.45, 2.75) is 13.3 Å². The van der Waals surface area contributed by atoms with Gasteiger partial charge in [-0.2, -0.15) is 5.10 Å². The maximum Gasteiger partial charge on any atom is 0.311 e. The molecule has 0 aliphatic carbocycles. The van der Waals surface area contributed by atoms with Gasteiger partial charge in [-0.25, -0.2) is 14.6 Å². The summed E-state index contributed by atoms with van der Waals surface area (Å²) in [5.74, 6) is -0.301. The van der Waals surface area contributed by atoms with Crippen molar-refractivity contribution in [2.24, 2.45) is 0 Å². The molecule has 3 rings (SSSR count). The zero-order chi connectivity index (χ0) is 14.7. The van der Waals surface area contributed by atoms with Crippen LogP contribution in [-0.4, -0.2) is 32.3 Å². The molecule has 0 aliphatic rings. The van der Waals surface area contributed by atoms with Crippen molar-refractivity contribution in [3.8, 4) is 5.69 Å². The third-order valence-electron chi connectivity index (χ3n) is 3.07. The lowest BCUT2D eigenvalue weighted by atomic mass is 10.2. The van der Waals surface area contributed by atoms with Gasteiger partial charge in [0.15, 0.2) is 5.65 Å². The number of fused-ring (bicyclic) bond motifs is 1. The fraction of sp³-hybridized carbons (Fsp3) is 0.200. The fourth-order valence-corrected chi connectivity index (χ4v) is 2.14. The van der Waals surface area contributed by atoms with Gasteiger partial charge in [0.05, 0.1) is 36.0 Å². The zero-order valence-corrected chi connectivity index (χ0v) is 11.6. The number of esters is 1. The van der Waals surface area contributed by atoms with E-state index in [1.807, 2.05) is 30.3 Å². The molecule has 0 bridgehead atoms. The minimum Gasteiger partial charge on any atom is -0.466 e. The smallest absolute Gasteiger partial charge is 0.311 e. The van der Waals surface area contributed by atoms with Crippen LogP contribution in [0.5, 0.6) is 0 Å². The van der Waals surface area contributed by atoms with Gasteiger partial charge in [0.1, 0.15) is 6.33 Å². The quantitative estimate of drug-likeness (QED) is 0.684. The Labute approximate surface area is 121 Å². The summed E-state index contributed by atoms with van der Waals surface area (Å²) in [5, 5.41) is 5.10. The number of nitrogens with zero attached hydrogens (tertiary/aromatic N) is 4. The van der Waals surface area contributed by atoms with Crippen LogP contribution in [0.4, 0.5) is 0 Å². The normalized spacial score (nSPS) is 10.7. The van der Waals surface area contributed by atoms with E-state index >= 15 is 0 Å². The summed E-state index contributed by atoms with van der Waals surface area (Å²) in [6.45, 7) is 2.14. The first kappa shape index (κ1) is 13.2. The van der Waals surface area contributed by atoms with Crippen LogP contribution in [0, 0.1) is 0 Å². The lowest BCUT2D eigenvalue weighted by Crippen LogP contribution is -2.09. The number of hydrogen-bond acceptors (Lipinski definition) is 5. The Morgan fingerprint density at radius 2 is 2.05 bits per heavy atom. The predicted molar refractivity (Wildman–Crippen MR) is 77.0 cm³/mol. The Morgan fingerprint density at radius 3 is 2.81 bits per heavy atom. The number of carbonyl (C=O) groups excluding carboxylic acids is 1. The van der Waals surface area contributed by atoms with E-state index in [4.69, 9.17) is 4.74 Å². The monoisotopic (exact) mass is 282 g/mol. The Kier molecular flexibility index (Phi) is 3.59. The second-order valence-corrected chi connectivity index (χ2v) is 4.43. The molecule has 0 amide bonds. The van der Waals surface area contributed by atoms with Gasteiger partial charge in [-0.05, 0) is 19.1 Å². The Morgan fingerprint density at radius 1 is 1.24 bits per heavy atom. The third-order valence-corrected chi connectivity index (χ3v) is 3.07. The van der Waals surface area contributed by atoms with Crippen LogP contribution in [0.2, 0.25) is 0 Å². The molecular formula is C15H14N4O2. The molecule has 106 valence electrons. The first-order chi connectivity index (χ1) is 10.3. The third kappa shape index (κ3) is 2.60. The van der Waals surface area contributed by atoms with E-state index < -0.39 is 0 Å². The predicted octanol–water partition coefficient (Wildman–Crippen LogP) is 1.92. The van der Waals surface area contributed by atoms with E-state index in [0.29, 0.717) is 17.9 Å². The molecule has 0 radical (unpaired) electrons. The molecule has 6 heteroatoms. The van der Waals surface area contributed by atoms with Crippen LogP contribution in [0.3, 0.4) is 0 Å². The van der Waals surface area contributed by atoms with Crippen LogP contribution in [0.15, 0.2) is 42.9 Å². The number of ether oxygens (including phenoxy) is 1. The molecule has 0 fully saturated rings. The minimum atomic E-state index is -0.301. The van der Waals surface area contributed by atoms with Crippen LogP contribution < -0.4 is 0 Å². The largest absolute Gasteiger partial charge is 0.466 e. The SMILES string of the molecule is CCOC(=O)Cc1ncnc2c1cnn2-c1ccccc1. The van der Waals surface area contributed by atoms with Crippen molar-refractivity contribution in [1.29, 1.82) is 0 Å². The molecule has 3 aromatic rings. The number of para-hydroxylation sites is 1. The van der Waals surface area contributed by atoms with Crippen molar-refractivity contribution in [3.63, 3.8) is 0 Å². The standard InChI is InChI=1S/C15H14N4O2/c1-2-21-14(20)8-13-12-9-18-19(15(12)17-10-16-13)11-6-4-3-5-7-11/h3-7,9-10H,2,8H2,1H3. The number of aromatic nitrogens is 4. The van der Waals surface area contributed by atoms with Crippen molar-refractivity contribution in [2.75, 3.05) is 6.61 Å². The maximum atomic E-state index is 11.6. The highest BCUT2D eigenvalue weighted by Gasteiger charge is 2.14. The number of carbonyl (C=O) groups is 1. The van der Waals surface area contributed by atoms with E-state index in [0.717, 1.165) is 11.1 Å². The summed E-state index contributed by atoms with van der Waals surface area (Å²) in [6, 6.07) is 9.70. The van der Waals surface area contributed by atoms with Crippen LogP contribution in [0.25, 0.3) is 16.7 Å². The molecule has 6 nitrogen and oxygen atoms in total. The molecule has 0 saturated carbocycles. The molecule has 2 heterocycles. The van der Waals surface area contributed by atoms with Crippen LogP contribution >= 0.6 is 0 Å². The first-order valence-electron chi connectivity index (χ1n) is 6.68. The van der Waals surface area contributed by atoms with Gasteiger partial charge in [0, 0.05) is 0 Å². The molecule has 0 N–H and O–H groups in total. The molecule has 0 atom stereocenters. The summed E-state index contributed by atoms with van der Waals surface area (Å²) in [7, 11) is 0. The van der Waals surface area contributed by atoms with Crippen molar-refractivity contribution >= 4 is 17.0 Å². The lowest BCUT2D eigenvalue weighted by molar-refractivity contribution is -0.142. The lowest BCUT2D eigenvalue weighted by Gasteiger charge is -2.04. The average Bonchev–Trinajstić information content (AvgIpc) is 2.93. The molecule has 0 aliphatic heterocycles. The van der Waals surface area contributed by atoms with Crippen molar-refractivity contribution in [3.05, 3.63) is 48.5 Å². The molecule has 21 heavy (non-hydrogen) atoms. The van der Waals surface area contributed by atoms with Gasteiger partial charge in [-0.15, -0.1) is 0 Å². The summed E-state index contributed by atoms with van der Waals surface area (Å²) in [5.41, 5.74) is 2.21. The van der Waals surface area contributed by atoms with E-state index in [2.05, 4.69) is 15.1 Å². The molecule has 1 aromatic carbocycles.